The highest BCUT2D eigenvalue weighted by Crippen LogP contribution is 2.30. The van der Waals surface area contributed by atoms with E-state index >= 15 is 0 Å². The van der Waals surface area contributed by atoms with Gasteiger partial charge in [-0.25, -0.2) is 4.39 Å². The molecular formula is C14H19FN2O. The minimum absolute atomic E-state index is 0.111. The van der Waals surface area contributed by atoms with E-state index in [2.05, 4.69) is 0 Å². The smallest absolute Gasteiger partial charge is 0.230 e. The zero-order chi connectivity index (χ0) is 13.0. The van der Waals surface area contributed by atoms with E-state index in [4.69, 9.17) is 5.73 Å². The second-order valence-corrected chi connectivity index (χ2v) is 4.74. The second-order valence-electron chi connectivity index (χ2n) is 4.74. The topological polar surface area (TPSA) is 46.3 Å². The first-order valence-corrected chi connectivity index (χ1v) is 6.49. The zero-order valence-corrected chi connectivity index (χ0v) is 10.4. The number of hydrogen-bond donors (Lipinski definition) is 1. The van der Waals surface area contributed by atoms with Gasteiger partial charge in [0.1, 0.15) is 5.82 Å². The third kappa shape index (κ3) is 2.88. The molecule has 0 aromatic heterocycles. The molecule has 1 aromatic carbocycles. The van der Waals surface area contributed by atoms with Crippen LogP contribution >= 0.6 is 0 Å². The van der Waals surface area contributed by atoms with Crippen molar-refractivity contribution in [3.63, 3.8) is 0 Å². The largest absolute Gasteiger partial charge is 0.330 e. The molecule has 0 unspecified atom stereocenters. The molecule has 2 rings (SSSR count). The van der Waals surface area contributed by atoms with Crippen molar-refractivity contribution in [2.75, 3.05) is 18.0 Å². The molecule has 1 saturated carbocycles. The Bertz CT molecular complexity index is 418. The number of halogens is 1. The molecule has 98 valence electrons. The van der Waals surface area contributed by atoms with Gasteiger partial charge in [0, 0.05) is 18.2 Å². The summed E-state index contributed by atoms with van der Waals surface area (Å²) in [4.78, 5) is 14.0. The number of benzene rings is 1. The molecule has 2 N–H and O–H groups in total. The van der Waals surface area contributed by atoms with Gasteiger partial charge in [-0.3, -0.25) is 4.79 Å². The second kappa shape index (κ2) is 5.96. The van der Waals surface area contributed by atoms with Crippen molar-refractivity contribution in [2.45, 2.75) is 25.7 Å². The minimum Gasteiger partial charge on any atom is -0.330 e. The van der Waals surface area contributed by atoms with Crippen LogP contribution in [0.2, 0.25) is 0 Å². The summed E-state index contributed by atoms with van der Waals surface area (Å²) in [5.74, 6) is -0.0852. The molecule has 4 heteroatoms. The van der Waals surface area contributed by atoms with Gasteiger partial charge in [-0.15, -0.1) is 0 Å². The van der Waals surface area contributed by atoms with Crippen LogP contribution in [-0.4, -0.2) is 19.0 Å². The summed E-state index contributed by atoms with van der Waals surface area (Å²) in [5.41, 5.74) is 6.13. The Labute approximate surface area is 107 Å². The number of carbonyl (C=O) groups excluding carboxylic acids is 1. The quantitative estimate of drug-likeness (QED) is 0.871. The molecule has 1 amide bonds. The molecule has 0 atom stereocenters. The maximum absolute atomic E-state index is 13.2. The van der Waals surface area contributed by atoms with Crippen molar-refractivity contribution in [1.29, 1.82) is 0 Å². The molecule has 1 fully saturated rings. The molecule has 3 nitrogen and oxygen atoms in total. The third-order valence-electron chi connectivity index (χ3n) is 3.43. The zero-order valence-electron chi connectivity index (χ0n) is 10.4. The van der Waals surface area contributed by atoms with Gasteiger partial charge in [0.05, 0.1) is 0 Å². The van der Waals surface area contributed by atoms with Crippen molar-refractivity contribution in [1.82, 2.24) is 0 Å². The van der Waals surface area contributed by atoms with Crippen molar-refractivity contribution in [2.24, 2.45) is 11.7 Å². The van der Waals surface area contributed by atoms with Crippen molar-refractivity contribution < 1.29 is 9.18 Å². The van der Waals surface area contributed by atoms with Crippen LogP contribution in [0.1, 0.15) is 25.7 Å². The number of nitrogens with zero attached hydrogens (tertiary/aromatic N) is 1. The SMILES string of the molecule is NCCCN(C(=O)C1CCC1)c1cccc(F)c1. The van der Waals surface area contributed by atoms with E-state index in [0.717, 1.165) is 25.7 Å². The monoisotopic (exact) mass is 250 g/mol. The molecule has 18 heavy (non-hydrogen) atoms. The normalized spacial score (nSPS) is 15.2. The summed E-state index contributed by atoms with van der Waals surface area (Å²) in [6.45, 7) is 1.10. The summed E-state index contributed by atoms with van der Waals surface area (Å²) < 4.78 is 13.2. The Kier molecular flexibility index (Phi) is 4.31. The van der Waals surface area contributed by atoms with E-state index in [9.17, 15) is 9.18 Å². The van der Waals surface area contributed by atoms with E-state index in [1.807, 2.05) is 0 Å². The summed E-state index contributed by atoms with van der Waals surface area (Å²) >= 11 is 0. The molecule has 1 aliphatic carbocycles. The van der Waals surface area contributed by atoms with Gasteiger partial charge in [-0.1, -0.05) is 12.5 Å². The van der Waals surface area contributed by atoms with Gasteiger partial charge in [-0.05, 0) is 44.0 Å². The van der Waals surface area contributed by atoms with E-state index < -0.39 is 0 Å². The van der Waals surface area contributed by atoms with E-state index in [0.29, 0.717) is 18.8 Å². The number of anilines is 1. The summed E-state index contributed by atoms with van der Waals surface area (Å²) in [7, 11) is 0. The minimum atomic E-state index is -0.313. The van der Waals surface area contributed by atoms with Gasteiger partial charge >= 0.3 is 0 Å². The number of hydrogen-bond acceptors (Lipinski definition) is 2. The average Bonchev–Trinajstić information content (AvgIpc) is 2.27. The lowest BCUT2D eigenvalue weighted by Gasteiger charge is -2.31. The fourth-order valence-corrected chi connectivity index (χ4v) is 2.14. The lowest BCUT2D eigenvalue weighted by Crippen LogP contribution is -2.40. The van der Waals surface area contributed by atoms with Crippen LogP contribution in [-0.2, 0) is 4.79 Å². The van der Waals surface area contributed by atoms with Crippen LogP contribution in [0.4, 0.5) is 10.1 Å². The maximum Gasteiger partial charge on any atom is 0.230 e. The van der Waals surface area contributed by atoms with Crippen LogP contribution in [0.3, 0.4) is 0 Å². The number of rotatable bonds is 5. The molecule has 1 aliphatic rings. The van der Waals surface area contributed by atoms with Crippen LogP contribution in [0.15, 0.2) is 24.3 Å². The predicted octanol–water partition coefficient (Wildman–Crippen LogP) is 2.31. The fraction of sp³-hybridized carbons (Fsp3) is 0.500. The standard InChI is InChI=1S/C14H19FN2O/c15-12-6-2-7-13(10-12)17(9-3-8-16)14(18)11-4-1-5-11/h2,6-7,10-11H,1,3-5,8-9,16H2. The first kappa shape index (κ1) is 13.0. The molecule has 0 radical (unpaired) electrons. The van der Waals surface area contributed by atoms with E-state index in [1.165, 1.54) is 12.1 Å². The summed E-state index contributed by atoms with van der Waals surface area (Å²) in [6.07, 6.45) is 3.75. The van der Waals surface area contributed by atoms with Gasteiger partial charge in [-0.2, -0.15) is 0 Å². The molecule has 0 bridgehead atoms. The lowest BCUT2D eigenvalue weighted by molar-refractivity contribution is -0.124. The molecule has 1 aromatic rings. The summed E-state index contributed by atoms with van der Waals surface area (Å²) in [6, 6.07) is 6.20. The Balaban J connectivity index is 2.15. The van der Waals surface area contributed by atoms with Crippen LogP contribution < -0.4 is 10.6 Å². The van der Waals surface area contributed by atoms with E-state index in [-0.39, 0.29) is 17.6 Å². The molecule has 0 spiro atoms. The average molecular weight is 250 g/mol. The Morgan fingerprint density at radius 2 is 2.22 bits per heavy atom. The van der Waals surface area contributed by atoms with Gasteiger partial charge in [0.2, 0.25) is 5.91 Å². The van der Waals surface area contributed by atoms with Crippen molar-refractivity contribution in [3.05, 3.63) is 30.1 Å². The third-order valence-corrected chi connectivity index (χ3v) is 3.43. The first-order chi connectivity index (χ1) is 8.72. The summed E-state index contributed by atoms with van der Waals surface area (Å²) in [5, 5.41) is 0. The fourth-order valence-electron chi connectivity index (χ4n) is 2.14. The van der Waals surface area contributed by atoms with Gasteiger partial charge in [0.15, 0.2) is 0 Å². The number of amides is 1. The Hall–Kier alpha value is -1.42. The number of nitrogens with two attached hydrogens (primary N) is 1. The predicted molar refractivity (Wildman–Crippen MR) is 69.8 cm³/mol. The highest BCUT2D eigenvalue weighted by atomic mass is 19.1. The Morgan fingerprint density at radius 3 is 2.78 bits per heavy atom. The maximum atomic E-state index is 13.2. The molecule has 0 heterocycles. The highest BCUT2D eigenvalue weighted by molar-refractivity contribution is 5.95. The van der Waals surface area contributed by atoms with Gasteiger partial charge in [0.25, 0.3) is 0 Å². The highest BCUT2D eigenvalue weighted by Gasteiger charge is 2.29. The molecule has 0 saturated heterocycles. The number of carbonyl (C=O) groups is 1. The first-order valence-electron chi connectivity index (χ1n) is 6.49. The van der Waals surface area contributed by atoms with Crippen molar-refractivity contribution >= 4 is 11.6 Å². The van der Waals surface area contributed by atoms with Gasteiger partial charge < -0.3 is 10.6 Å². The van der Waals surface area contributed by atoms with Crippen molar-refractivity contribution in [3.8, 4) is 0 Å². The van der Waals surface area contributed by atoms with Crippen LogP contribution in [0, 0.1) is 11.7 Å². The lowest BCUT2D eigenvalue weighted by atomic mass is 9.84. The molecular weight excluding hydrogens is 231 g/mol. The van der Waals surface area contributed by atoms with E-state index in [1.54, 1.807) is 17.0 Å². The molecule has 0 aliphatic heterocycles. The Morgan fingerprint density at radius 1 is 1.44 bits per heavy atom. The van der Waals surface area contributed by atoms with Crippen LogP contribution in [0.25, 0.3) is 0 Å². The van der Waals surface area contributed by atoms with Crippen LogP contribution in [0.5, 0.6) is 0 Å².